The third kappa shape index (κ3) is 9.56. The second-order valence-corrected chi connectivity index (χ2v) is 30.2. The zero-order chi connectivity index (χ0) is 72.1. The highest BCUT2D eigenvalue weighted by molar-refractivity contribution is 7.26. The Balaban J connectivity index is 0.824. The maximum absolute atomic E-state index is 2.56. The summed E-state index contributed by atoms with van der Waals surface area (Å²) in [5.74, 6) is 0.0148. The van der Waals surface area contributed by atoms with Crippen molar-refractivity contribution in [2.75, 3.05) is 14.7 Å². The summed E-state index contributed by atoms with van der Waals surface area (Å²) < 4.78 is 12.3. The van der Waals surface area contributed by atoms with Crippen molar-refractivity contribution in [2.45, 2.75) is 12.0 Å². The summed E-state index contributed by atoms with van der Waals surface area (Å²) in [5.41, 5.74) is 25.7. The van der Waals surface area contributed by atoms with Crippen molar-refractivity contribution in [3.05, 3.63) is 406 Å². The summed E-state index contributed by atoms with van der Waals surface area (Å²) in [5, 5.41) is 12.1. The molecule has 0 saturated heterocycles. The lowest BCUT2D eigenvalue weighted by atomic mass is 9.89. The second-order valence-electron chi connectivity index (χ2n) is 29.1. The normalized spacial score (nSPS) is 14.2. The van der Waals surface area contributed by atoms with Crippen LogP contribution >= 0.6 is 11.3 Å². The minimum absolute atomic E-state index is 0.0148. The summed E-state index contributed by atoms with van der Waals surface area (Å²) in [6.07, 6.45) is 7.42. The van der Waals surface area contributed by atoms with Crippen molar-refractivity contribution in [2.24, 2.45) is 0 Å². The number of benzene rings is 16. The van der Waals surface area contributed by atoms with E-state index < -0.39 is 0 Å². The van der Waals surface area contributed by atoms with E-state index in [2.05, 4.69) is 427 Å². The van der Waals surface area contributed by atoms with Crippen LogP contribution in [0.1, 0.15) is 11.5 Å². The van der Waals surface area contributed by atoms with E-state index in [9.17, 15) is 0 Å². The largest absolute Gasteiger partial charge is 0.333 e. The van der Waals surface area contributed by atoms with Crippen LogP contribution in [0.25, 0.3) is 141 Å². The van der Waals surface area contributed by atoms with Crippen LogP contribution in [0.3, 0.4) is 0 Å². The quantitative estimate of drug-likeness (QED) is 0.122. The molecule has 0 saturated carbocycles. The number of rotatable bonds is 12. The molecule has 7 nitrogen and oxygen atoms in total. The molecule has 1 aliphatic heterocycles. The van der Waals surface area contributed by atoms with Crippen LogP contribution in [0.2, 0.25) is 0 Å². The predicted molar refractivity (Wildman–Crippen MR) is 464 cm³/mol. The van der Waals surface area contributed by atoms with E-state index in [1.807, 2.05) is 11.3 Å². The lowest BCUT2D eigenvalue weighted by Gasteiger charge is -2.34. The smallest absolute Gasteiger partial charge is 0.0631 e. The van der Waals surface area contributed by atoms with Crippen molar-refractivity contribution < 1.29 is 0 Å². The van der Waals surface area contributed by atoms with E-state index in [1.165, 1.54) is 74.9 Å². The van der Waals surface area contributed by atoms with Gasteiger partial charge in [-0.2, -0.15) is 0 Å². The fraction of sp³-hybridized carbons (Fsp3) is 0.0196. The molecule has 0 fully saturated rings. The fourth-order valence-electron chi connectivity index (χ4n) is 18.5. The maximum atomic E-state index is 2.56. The van der Waals surface area contributed by atoms with Crippen LogP contribution in [0.4, 0.5) is 39.8 Å². The van der Waals surface area contributed by atoms with Gasteiger partial charge in [-0.15, -0.1) is 11.3 Å². The van der Waals surface area contributed by atoms with E-state index in [-0.39, 0.29) is 12.0 Å². The standard InChI is InChI=1S/C102H67N7S/c1-6-26-68(27-7-1)105-90-41-21-16-36-79(90)86-62-73(47-53-94(86)105)103(74-48-54-95-87(63-74)80-37-17-22-42-91(80)106(95)69-28-8-2-9-29-69)77-58-67(66-46-51-85-99(60-66)109(72-34-14-5-15-35-72)98-57-52-84-83-40-20-25-45-100(83)110-102(84)101(85)98)59-78(61-77)104(75-49-55-96-88(64-75)81-38-18-23-43-92(81)107(96)70-30-10-3-11-31-70)76-50-56-97-89(65-76)82-39-19-24-44-93(82)108(97)71-32-12-4-13-33-71/h1-65,86,94H. The highest BCUT2D eigenvalue weighted by Crippen LogP contribution is 2.53. The summed E-state index contributed by atoms with van der Waals surface area (Å²) >= 11 is 1.90. The Morgan fingerprint density at radius 3 is 1.22 bits per heavy atom. The van der Waals surface area contributed by atoms with Gasteiger partial charge in [-0.05, 0) is 199 Å². The minimum Gasteiger partial charge on any atom is -0.333 e. The summed E-state index contributed by atoms with van der Waals surface area (Å²) in [6.45, 7) is 0. The monoisotopic (exact) mass is 1420 g/mol. The van der Waals surface area contributed by atoms with Crippen molar-refractivity contribution in [3.8, 4) is 33.9 Å². The molecule has 8 heteroatoms. The van der Waals surface area contributed by atoms with Crippen molar-refractivity contribution in [1.82, 2.24) is 18.3 Å². The Hall–Kier alpha value is -14.2. The number of fused-ring (bicyclic) bond motifs is 19. The molecule has 5 aromatic heterocycles. The molecule has 23 rings (SSSR count). The molecule has 0 N–H and O–H groups in total. The molecular weight excluding hydrogens is 1360 g/mol. The Kier molecular flexibility index (Phi) is 13.9. The first-order valence-corrected chi connectivity index (χ1v) is 38.7. The van der Waals surface area contributed by atoms with Crippen LogP contribution in [-0.2, 0) is 0 Å². The van der Waals surface area contributed by atoms with Gasteiger partial charge in [0.15, 0.2) is 0 Å². The molecule has 2 aliphatic rings. The molecule has 6 heterocycles. The van der Waals surface area contributed by atoms with Gasteiger partial charge in [0.2, 0.25) is 0 Å². The molecule has 516 valence electrons. The summed E-state index contributed by atoms with van der Waals surface area (Å²) in [4.78, 5) is 7.63. The molecule has 0 amide bonds. The topological polar surface area (TPSA) is 29.4 Å². The van der Waals surface area contributed by atoms with Gasteiger partial charge in [0.25, 0.3) is 0 Å². The minimum atomic E-state index is 0.0148. The summed E-state index contributed by atoms with van der Waals surface area (Å²) in [7, 11) is 0. The number of aromatic nitrogens is 4. The number of hydrogen-bond acceptors (Lipinski definition) is 4. The molecule has 0 bridgehead atoms. The molecule has 2 unspecified atom stereocenters. The van der Waals surface area contributed by atoms with Crippen LogP contribution < -0.4 is 14.7 Å². The van der Waals surface area contributed by atoms with Gasteiger partial charge in [0, 0.05) is 137 Å². The van der Waals surface area contributed by atoms with Crippen LogP contribution in [0.5, 0.6) is 0 Å². The van der Waals surface area contributed by atoms with E-state index in [0.717, 1.165) is 117 Å². The van der Waals surface area contributed by atoms with E-state index in [1.54, 1.807) is 0 Å². The zero-order valence-electron chi connectivity index (χ0n) is 59.7. The lowest BCUT2D eigenvalue weighted by Crippen LogP contribution is -2.30. The number of thiophene rings is 1. The summed E-state index contributed by atoms with van der Waals surface area (Å²) in [6, 6.07) is 140. The molecule has 0 spiro atoms. The van der Waals surface area contributed by atoms with Gasteiger partial charge < -0.3 is 33.0 Å². The number of nitrogens with zero attached hydrogens (tertiary/aromatic N) is 7. The Bertz CT molecular complexity index is 7210. The number of para-hydroxylation sites is 9. The molecule has 16 aromatic carbocycles. The van der Waals surface area contributed by atoms with Gasteiger partial charge >= 0.3 is 0 Å². The van der Waals surface area contributed by atoms with Crippen LogP contribution in [0.15, 0.2) is 400 Å². The van der Waals surface area contributed by atoms with Crippen molar-refractivity contribution in [1.29, 1.82) is 0 Å². The Morgan fingerprint density at radius 1 is 0.264 bits per heavy atom. The van der Waals surface area contributed by atoms with Gasteiger partial charge in [0.1, 0.15) is 0 Å². The molecular formula is C102H67N7S. The molecule has 0 radical (unpaired) electrons. The Morgan fingerprint density at radius 2 is 0.682 bits per heavy atom. The van der Waals surface area contributed by atoms with E-state index >= 15 is 0 Å². The Labute approximate surface area is 638 Å². The first kappa shape index (κ1) is 62.1. The van der Waals surface area contributed by atoms with E-state index in [0.29, 0.717) is 0 Å². The number of allylic oxidation sites excluding steroid dienone is 1. The lowest BCUT2D eigenvalue weighted by molar-refractivity contribution is 0.736. The van der Waals surface area contributed by atoms with Gasteiger partial charge in [-0.1, -0.05) is 212 Å². The van der Waals surface area contributed by atoms with Gasteiger partial charge in [-0.3, -0.25) is 0 Å². The SMILES string of the molecule is C1=CC2C(C=C1N(c1cc(-c3ccc4c5c6sc7ccccc7c6ccc5n(-c5ccccc5)c4c3)cc(N(c3ccc4c(c3)c3ccccc3n4-c3ccccc3)c3ccc4c(c3)c3ccccc3n4-c3ccccc3)c1)c1ccc3c(c1)c1ccccc1n3-c1ccccc1)c1ccccc1N2c1ccccc1. The highest BCUT2D eigenvalue weighted by Gasteiger charge is 2.39. The van der Waals surface area contributed by atoms with Crippen LogP contribution in [-0.4, -0.2) is 24.3 Å². The highest BCUT2D eigenvalue weighted by atomic mass is 32.1. The fourth-order valence-corrected chi connectivity index (χ4v) is 19.7. The first-order chi connectivity index (χ1) is 54.6. The molecule has 21 aromatic rings. The van der Waals surface area contributed by atoms with Gasteiger partial charge in [-0.25, -0.2) is 0 Å². The molecule has 2 atom stereocenters. The first-order valence-electron chi connectivity index (χ1n) is 37.9. The van der Waals surface area contributed by atoms with Crippen molar-refractivity contribution in [3.63, 3.8) is 0 Å². The average molecular weight is 1420 g/mol. The second kappa shape index (κ2) is 24.7. The molecule has 1 aliphatic carbocycles. The van der Waals surface area contributed by atoms with Crippen molar-refractivity contribution >= 4 is 159 Å². The number of anilines is 7. The molecule has 110 heavy (non-hydrogen) atoms. The third-order valence-electron chi connectivity index (χ3n) is 23.2. The maximum Gasteiger partial charge on any atom is 0.0631 e. The van der Waals surface area contributed by atoms with Crippen LogP contribution in [0, 0.1) is 0 Å². The predicted octanol–water partition coefficient (Wildman–Crippen LogP) is 27.5. The average Bonchev–Trinajstić information content (AvgIpc) is 1.55. The van der Waals surface area contributed by atoms with E-state index in [4.69, 9.17) is 0 Å². The zero-order valence-corrected chi connectivity index (χ0v) is 60.5. The number of hydrogen-bond donors (Lipinski definition) is 0. The third-order valence-corrected chi connectivity index (χ3v) is 24.4. The van der Waals surface area contributed by atoms with Gasteiger partial charge in [0.05, 0.1) is 50.2 Å².